The van der Waals surface area contributed by atoms with Crippen LogP contribution in [0.5, 0.6) is 0 Å². The first-order chi connectivity index (χ1) is 39.1. The van der Waals surface area contributed by atoms with Crippen LogP contribution < -0.4 is 48.3 Å². The third-order valence-corrected chi connectivity index (χ3v) is 14.0. The van der Waals surface area contributed by atoms with Gasteiger partial charge in [-0.15, -0.1) is 0 Å². The van der Waals surface area contributed by atoms with Crippen molar-refractivity contribution in [2.45, 2.75) is 120 Å². The van der Waals surface area contributed by atoms with Gasteiger partial charge in [-0.1, -0.05) is 121 Å². The summed E-state index contributed by atoms with van der Waals surface area (Å²) in [5.41, 5.74) is 9.50. The number of rotatable bonds is 15. The third-order valence-electron chi connectivity index (χ3n) is 14.0. The van der Waals surface area contributed by atoms with Gasteiger partial charge in [0.2, 0.25) is 47.3 Å². The van der Waals surface area contributed by atoms with Crippen molar-refractivity contribution in [3.63, 3.8) is 0 Å². The topological polar surface area (TPSA) is 295 Å². The summed E-state index contributed by atoms with van der Waals surface area (Å²) < 4.78 is 14.8. The summed E-state index contributed by atoms with van der Waals surface area (Å²) in [6.07, 6.45) is 0.368. The zero-order valence-corrected chi connectivity index (χ0v) is 45.1. The van der Waals surface area contributed by atoms with Crippen LogP contribution in [0.1, 0.15) is 66.8 Å². The van der Waals surface area contributed by atoms with Gasteiger partial charge in [-0.3, -0.25) is 38.4 Å². The average molecular weight is 1110 g/mol. The Bertz CT molecular complexity index is 3080. The number of aromatic nitrogens is 1. The molecule has 0 aliphatic carbocycles. The molecule has 1 aliphatic heterocycles. The van der Waals surface area contributed by atoms with Gasteiger partial charge in [0.1, 0.15) is 48.1 Å². The van der Waals surface area contributed by atoms with Crippen LogP contribution in [0.3, 0.4) is 0 Å². The molecule has 5 aromatic carbocycles. The van der Waals surface area contributed by atoms with Crippen molar-refractivity contribution in [1.82, 2.24) is 47.5 Å². The Morgan fingerprint density at radius 3 is 1.40 bits per heavy atom. The number of nitrogens with one attached hydrogen (secondary N) is 9. The summed E-state index contributed by atoms with van der Waals surface area (Å²) >= 11 is 0. The highest BCUT2D eigenvalue weighted by Gasteiger charge is 2.36. The Morgan fingerprint density at radius 2 is 0.926 bits per heavy atom. The van der Waals surface area contributed by atoms with E-state index in [-0.39, 0.29) is 64.5 Å². The summed E-state index contributed by atoms with van der Waals surface area (Å²) in [4.78, 5) is 119. The Balaban J connectivity index is 1.27. The lowest BCUT2D eigenvalue weighted by atomic mass is 10.00. The van der Waals surface area contributed by atoms with Gasteiger partial charge in [0.25, 0.3) is 0 Å². The van der Waals surface area contributed by atoms with Crippen LogP contribution in [0.2, 0.25) is 0 Å². The first kappa shape index (κ1) is 59.9. The minimum absolute atomic E-state index is 0.0162. The number of amides is 8. The molecule has 1 aromatic heterocycles. The number of nitrogens with two attached hydrogens (primary N) is 1. The molecule has 19 nitrogen and oxygen atoms in total. The monoisotopic (exact) mass is 1110 g/mol. The fraction of sp³-hybridized carbons (Fsp3) is 0.344. The van der Waals surface area contributed by atoms with Crippen molar-refractivity contribution < 1.29 is 47.9 Å². The Hall–Kier alpha value is -8.75. The zero-order chi connectivity index (χ0) is 57.7. The maximum atomic E-state index is 14.9. The van der Waals surface area contributed by atoms with E-state index < -0.39 is 101 Å². The third kappa shape index (κ3) is 18.1. The summed E-state index contributed by atoms with van der Waals surface area (Å²) in [5.74, 6) is -6.69. The molecular weight excluding hydrogens is 1040 g/mol. The lowest BCUT2D eigenvalue weighted by Gasteiger charge is -2.29. The molecule has 1 aliphatic rings. The number of aliphatic hydroxyl groups is 1. The molecule has 1 fully saturated rings. The van der Waals surface area contributed by atoms with Gasteiger partial charge in [-0.05, 0) is 85.2 Å². The molecule has 426 valence electrons. The second-order valence-corrected chi connectivity index (χ2v) is 20.3. The van der Waals surface area contributed by atoms with Crippen molar-refractivity contribution in [3.8, 4) is 0 Å². The van der Waals surface area contributed by atoms with E-state index in [1.54, 1.807) is 128 Å². The van der Waals surface area contributed by atoms with Crippen LogP contribution in [0, 0.1) is 5.82 Å². The van der Waals surface area contributed by atoms with Crippen LogP contribution in [0.4, 0.5) is 4.39 Å². The van der Waals surface area contributed by atoms with Crippen LogP contribution in [-0.4, -0.2) is 119 Å². The van der Waals surface area contributed by atoms with Gasteiger partial charge < -0.3 is 58.4 Å². The predicted molar refractivity (Wildman–Crippen MR) is 303 cm³/mol. The lowest BCUT2D eigenvalue weighted by Crippen LogP contribution is -2.62. The number of hydrogen-bond acceptors (Lipinski definition) is 10. The van der Waals surface area contributed by atoms with E-state index in [4.69, 9.17) is 5.73 Å². The second-order valence-electron chi connectivity index (χ2n) is 20.3. The molecule has 8 amide bonds. The van der Waals surface area contributed by atoms with E-state index in [1.807, 2.05) is 0 Å². The zero-order valence-electron chi connectivity index (χ0n) is 45.1. The first-order valence-electron chi connectivity index (χ1n) is 27.3. The molecule has 12 N–H and O–H groups in total. The number of halogens is 1. The molecular formula is C61H71FN10O9. The van der Waals surface area contributed by atoms with Crippen molar-refractivity contribution in [1.29, 1.82) is 0 Å². The van der Waals surface area contributed by atoms with E-state index >= 15 is 0 Å². The molecule has 81 heavy (non-hydrogen) atoms. The lowest BCUT2D eigenvalue weighted by molar-refractivity contribution is -0.137. The van der Waals surface area contributed by atoms with E-state index in [1.165, 1.54) is 25.1 Å². The number of unbranched alkanes of at least 4 members (excludes halogenated alkanes) is 1. The molecule has 7 rings (SSSR count). The smallest absolute Gasteiger partial charge is 0.245 e. The highest BCUT2D eigenvalue weighted by atomic mass is 19.1. The van der Waals surface area contributed by atoms with Gasteiger partial charge in [0.05, 0.1) is 6.10 Å². The van der Waals surface area contributed by atoms with Gasteiger partial charge in [-0.25, -0.2) is 4.39 Å². The maximum absolute atomic E-state index is 14.9. The number of fused-ring (bicyclic) bond motifs is 1. The van der Waals surface area contributed by atoms with Crippen molar-refractivity contribution in [3.05, 3.63) is 179 Å². The molecule has 2 heterocycles. The molecule has 6 aromatic rings. The van der Waals surface area contributed by atoms with Crippen LogP contribution >= 0.6 is 0 Å². The SMILES string of the molecule is C[C@@H](O)[C@@H]1NC(=O)[C@H](CCCCN)NC(=O)[C@@H](Cc2c[nH]c3ccc(F)cc23)NC(=O)[C@H](Cc2ccccc2)NC(=O)[C@H](Cc2ccccc2)NC(=O)CCCNC(=O)[C@H](Cc2ccccc2)NC(=O)[C@H](Cc2ccccc2)NC1=O. The van der Waals surface area contributed by atoms with Gasteiger partial charge in [0.15, 0.2) is 0 Å². The largest absolute Gasteiger partial charge is 0.391 e. The standard InChI is InChI=1S/C61H71FN10O9/c1-38(73)54-61(81)71-51(34-42-23-12-5-13-24-42)59(79)68-48(31-39-17-6-2-7-18-39)55(75)64-30-16-26-53(74)66-49(32-40-19-8-3-9-20-40)57(77)69-50(33-41-21-10-4-11-22-41)58(78)70-52(35-43-37-65-46-28-27-44(62)36-45(43)46)60(80)67-47(56(76)72-54)25-14-15-29-63/h2-13,17-24,27-28,36-38,47-52,54,65,73H,14-16,25-26,29-35,63H2,1H3,(H,64,75)(H,66,74)(H,67,80)(H,68,79)(H,69,77)(H,70,78)(H,71,81)(H,72,76)/t38-,47+,48+,49+,50+,51+,52-,54+/m1/s1. The van der Waals surface area contributed by atoms with E-state index in [9.17, 15) is 47.9 Å². The number of hydrogen-bond donors (Lipinski definition) is 11. The average Bonchev–Trinajstić information content (AvgIpc) is 3.88. The van der Waals surface area contributed by atoms with Crippen molar-refractivity contribution >= 4 is 58.2 Å². The van der Waals surface area contributed by atoms with Crippen LogP contribution in [0.15, 0.2) is 146 Å². The first-order valence-corrected chi connectivity index (χ1v) is 27.3. The van der Waals surface area contributed by atoms with Gasteiger partial charge in [-0.2, -0.15) is 0 Å². The summed E-state index contributed by atoms with van der Waals surface area (Å²) in [6, 6.07) is 29.8. The molecule has 8 atom stereocenters. The number of carbonyl (C=O) groups excluding carboxylic acids is 8. The van der Waals surface area contributed by atoms with Gasteiger partial charge in [0, 0.05) is 62.2 Å². The minimum atomic E-state index is -1.69. The number of aromatic amines is 1. The van der Waals surface area contributed by atoms with Crippen LogP contribution in [-0.2, 0) is 70.5 Å². The maximum Gasteiger partial charge on any atom is 0.245 e. The number of benzene rings is 5. The quantitative estimate of drug-likeness (QED) is 0.0669. The molecule has 0 spiro atoms. The Labute approximate surface area is 469 Å². The summed E-state index contributed by atoms with van der Waals surface area (Å²) in [7, 11) is 0. The summed E-state index contributed by atoms with van der Waals surface area (Å²) in [5, 5.41) is 33.7. The van der Waals surface area contributed by atoms with E-state index in [2.05, 4.69) is 47.5 Å². The highest BCUT2D eigenvalue weighted by molar-refractivity contribution is 5.98. The molecule has 0 saturated carbocycles. The van der Waals surface area contributed by atoms with Crippen LogP contribution in [0.25, 0.3) is 10.9 Å². The van der Waals surface area contributed by atoms with E-state index in [0.29, 0.717) is 51.6 Å². The Kier molecular flexibility index (Phi) is 22.2. The molecule has 0 bridgehead atoms. The number of carbonyl (C=O) groups is 8. The Morgan fingerprint density at radius 1 is 0.506 bits per heavy atom. The van der Waals surface area contributed by atoms with Crippen molar-refractivity contribution in [2.24, 2.45) is 5.73 Å². The molecule has 1 saturated heterocycles. The molecule has 0 radical (unpaired) electrons. The summed E-state index contributed by atoms with van der Waals surface area (Å²) in [6.45, 7) is 1.49. The van der Waals surface area contributed by atoms with E-state index in [0.717, 1.165) is 0 Å². The van der Waals surface area contributed by atoms with Gasteiger partial charge >= 0.3 is 0 Å². The number of aliphatic hydroxyl groups excluding tert-OH is 1. The predicted octanol–water partition coefficient (Wildman–Crippen LogP) is 2.63. The second kappa shape index (κ2) is 30.0. The number of H-pyrrole nitrogens is 1. The van der Waals surface area contributed by atoms with Crippen molar-refractivity contribution in [2.75, 3.05) is 13.1 Å². The minimum Gasteiger partial charge on any atom is -0.391 e. The molecule has 0 unspecified atom stereocenters. The molecule has 20 heteroatoms. The fourth-order valence-corrected chi connectivity index (χ4v) is 9.61. The fourth-order valence-electron chi connectivity index (χ4n) is 9.61. The highest BCUT2D eigenvalue weighted by Crippen LogP contribution is 2.22. The normalized spacial score (nSPS) is 22.0.